The third kappa shape index (κ3) is 5.10. The summed E-state index contributed by atoms with van der Waals surface area (Å²) in [5.41, 5.74) is 6.47. The van der Waals surface area contributed by atoms with Crippen LogP contribution >= 0.6 is 0 Å². The van der Waals surface area contributed by atoms with Crippen molar-refractivity contribution in [3.8, 4) is 11.3 Å². The summed E-state index contributed by atoms with van der Waals surface area (Å²) in [7, 11) is 0. The summed E-state index contributed by atoms with van der Waals surface area (Å²) in [6, 6.07) is 16.5. The lowest BCUT2D eigenvalue weighted by Gasteiger charge is -2.32. The van der Waals surface area contributed by atoms with Crippen LogP contribution in [0.4, 0.5) is 5.69 Å². The normalized spacial score (nSPS) is 16.9. The maximum atomic E-state index is 11.2. The molecule has 30 heavy (non-hydrogen) atoms. The van der Waals surface area contributed by atoms with Gasteiger partial charge in [-0.05, 0) is 50.1 Å². The molecule has 1 aromatic heterocycles. The maximum absolute atomic E-state index is 11.2. The van der Waals surface area contributed by atoms with Crippen molar-refractivity contribution in [2.45, 2.75) is 39.2 Å². The molecule has 5 nitrogen and oxygen atoms in total. The second kappa shape index (κ2) is 9.18. The molecule has 0 bridgehead atoms. The van der Waals surface area contributed by atoms with Gasteiger partial charge in [0.25, 0.3) is 0 Å². The molecule has 1 fully saturated rings. The molecule has 0 saturated carbocycles. The summed E-state index contributed by atoms with van der Waals surface area (Å²) in [6.07, 6.45) is 6.08. The number of aromatic nitrogens is 2. The number of anilines is 1. The molecule has 3 aromatic rings. The predicted molar refractivity (Wildman–Crippen MR) is 120 cm³/mol. The monoisotopic (exact) mass is 400 g/mol. The Hall–Kier alpha value is -3.05. The van der Waals surface area contributed by atoms with Gasteiger partial charge in [0.05, 0.1) is 17.6 Å². The van der Waals surface area contributed by atoms with E-state index in [2.05, 4.69) is 58.5 Å². The van der Waals surface area contributed by atoms with Gasteiger partial charge in [0.2, 0.25) is 5.91 Å². The van der Waals surface area contributed by atoms with Gasteiger partial charge in [0.1, 0.15) is 0 Å². The maximum Gasteiger partial charge on any atom is 0.221 e. The number of carbonyl (C=O) groups is 1. The van der Waals surface area contributed by atoms with Gasteiger partial charge in [-0.15, -0.1) is 0 Å². The summed E-state index contributed by atoms with van der Waals surface area (Å²) in [4.78, 5) is 23.1. The second-order valence-corrected chi connectivity index (χ2v) is 8.15. The number of aryl methyl sites for hydroxylation is 1. The van der Waals surface area contributed by atoms with E-state index in [0.29, 0.717) is 5.92 Å². The van der Waals surface area contributed by atoms with E-state index in [1.54, 1.807) is 0 Å². The van der Waals surface area contributed by atoms with Crippen LogP contribution in [0.25, 0.3) is 11.3 Å². The van der Waals surface area contributed by atoms with E-state index >= 15 is 0 Å². The zero-order chi connectivity index (χ0) is 20.9. The van der Waals surface area contributed by atoms with E-state index in [-0.39, 0.29) is 5.91 Å². The first-order chi connectivity index (χ1) is 14.6. The molecular formula is C25H28N4O. The Balaban J connectivity index is 1.44. The topological polar surface area (TPSA) is 58.1 Å². The Morgan fingerprint density at radius 1 is 1.17 bits per heavy atom. The molecular weight excluding hydrogens is 372 g/mol. The lowest BCUT2D eigenvalue weighted by molar-refractivity contribution is -0.114. The van der Waals surface area contributed by atoms with Crippen LogP contribution in [0.3, 0.4) is 0 Å². The number of likely N-dealkylation sites (tertiary alicyclic amines) is 1. The van der Waals surface area contributed by atoms with Gasteiger partial charge in [-0.2, -0.15) is 0 Å². The standard InChI is InChI=1S/C25H28N4O/c1-18-5-3-6-21(13-18)24-14-26-15-25(28-24)22-7-4-12-29(17-22)16-20-8-10-23(11-9-20)27-19(2)30/h3,5-6,8-11,13-15,22H,4,7,12,16-17H2,1-2H3,(H,27,30). The molecule has 154 valence electrons. The van der Waals surface area contributed by atoms with E-state index in [4.69, 9.17) is 4.98 Å². The average Bonchev–Trinajstić information content (AvgIpc) is 2.75. The number of benzene rings is 2. The first-order valence-electron chi connectivity index (χ1n) is 10.5. The lowest BCUT2D eigenvalue weighted by Crippen LogP contribution is -2.34. The highest BCUT2D eigenvalue weighted by atomic mass is 16.1. The van der Waals surface area contributed by atoms with Crippen LogP contribution in [0.2, 0.25) is 0 Å². The fourth-order valence-electron chi connectivity index (χ4n) is 4.12. The number of piperidine rings is 1. The first kappa shape index (κ1) is 20.2. The summed E-state index contributed by atoms with van der Waals surface area (Å²) in [6.45, 7) is 6.61. The van der Waals surface area contributed by atoms with Gasteiger partial charge < -0.3 is 5.32 Å². The second-order valence-electron chi connectivity index (χ2n) is 8.15. The fourth-order valence-corrected chi connectivity index (χ4v) is 4.12. The van der Waals surface area contributed by atoms with Gasteiger partial charge in [0.15, 0.2) is 0 Å². The van der Waals surface area contributed by atoms with E-state index < -0.39 is 0 Å². The van der Waals surface area contributed by atoms with E-state index in [9.17, 15) is 4.79 Å². The molecule has 1 unspecified atom stereocenters. The Kier molecular flexibility index (Phi) is 6.19. The highest BCUT2D eigenvalue weighted by molar-refractivity contribution is 5.88. The van der Waals surface area contributed by atoms with Gasteiger partial charge in [-0.3, -0.25) is 14.7 Å². The molecule has 2 aromatic carbocycles. The zero-order valence-corrected chi connectivity index (χ0v) is 17.6. The number of hydrogen-bond acceptors (Lipinski definition) is 4. The summed E-state index contributed by atoms with van der Waals surface area (Å²) < 4.78 is 0. The molecule has 1 N–H and O–H groups in total. The SMILES string of the molecule is CC(=O)Nc1ccc(CN2CCCC(c3cncc(-c4cccc(C)c4)n3)C2)cc1. The van der Waals surface area contributed by atoms with Gasteiger partial charge in [-0.25, -0.2) is 4.98 Å². The Bertz CT molecular complexity index is 1020. The van der Waals surface area contributed by atoms with Crippen LogP contribution in [0.5, 0.6) is 0 Å². The number of amides is 1. The fraction of sp³-hybridized carbons (Fsp3) is 0.320. The first-order valence-corrected chi connectivity index (χ1v) is 10.5. The minimum Gasteiger partial charge on any atom is -0.326 e. The molecule has 2 heterocycles. The van der Waals surface area contributed by atoms with Crippen LogP contribution in [-0.4, -0.2) is 33.9 Å². The highest BCUT2D eigenvalue weighted by Gasteiger charge is 2.23. The summed E-state index contributed by atoms with van der Waals surface area (Å²) in [5.74, 6) is 0.352. The van der Waals surface area contributed by atoms with Crippen molar-refractivity contribution in [3.05, 3.63) is 77.7 Å². The van der Waals surface area contributed by atoms with Gasteiger partial charge in [-0.1, -0.05) is 35.9 Å². The Labute approximate surface area is 178 Å². The van der Waals surface area contributed by atoms with Crippen molar-refractivity contribution in [1.29, 1.82) is 0 Å². The number of rotatable bonds is 5. The lowest BCUT2D eigenvalue weighted by atomic mass is 9.94. The van der Waals surface area contributed by atoms with Crippen LogP contribution in [-0.2, 0) is 11.3 Å². The van der Waals surface area contributed by atoms with Crippen LogP contribution < -0.4 is 5.32 Å². The molecule has 0 aliphatic carbocycles. The highest BCUT2D eigenvalue weighted by Crippen LogP contribution is 2.28. The van der Waals surface area contributed by atoms with Crippen LogP contribution in [0.15, 0.2) is 60.9 Å². The number of nitrogens with one attached hydrogen (secondary N) is 1. The summed E-state index contributed by atoms with van der Waals surface area (Å²) >= 11 is 0. The van der Waals surface area contributed by atoms with Crippen molar-refractivity contribution in [3.63, 3.8) is 0 Å². The molecule has 5 heteroatoms. The van der Waals surface area contributed by atoms with Crippen molar-refractivity contribution in [1.82, 2.24) is 14.9 Å². The molecule has 1 atom stereocenters. The number of nitrogens with zero attached hydrogens (tertiary/aromatic N) is 3. The summed E-state index contributed by atoms with van der Waals surface area (Å²) in [5, 5.41) is 2.82. The van der Waals surface area contributed by atoms with Gasteiger partial charge in [0, 0.05) is 43.4 Å². The molecule has 0 radical (unpaired) electrons. The Morgan fingerprint density at radius 2 is 2.00 bits per heavy atom. The van der Waals surface area contributed by atoms with Crippen molar-refractivity contribution in [2.75, 3.05) is 18.4 Å². The molecule has 4 rings (SSSR count). The minimum absolute atomic E-state index is 0.0457. The van der Waals surface area contributed by atoms with Crippen molar-refractivity contribution < 1.29 is 4.79 Å². The third-order valence-electron chi connectivity index (χ3n) is 5.57. The van der Waals surface area contributed by atoms with Crippen LogP contribution in [0, 0.1) is 6.92 Å². The van der Waals surface area contributed by atoms with Crippen molar-refractivity contribution >= 4 is 11.6 Å². The number of carbonyl (C=O) groups excluding carboxylic acids is 1. The minimum atomic E-state index is -0.0457. The molecule has 1 saturated heterocycles. The zero-order valence-electron chi connectivity index (χ0n) is 17.6. The third-order valence-corrected chi connectivity index (χ3v) is 5.57. The quantitative estimate of drug-likeness (QED) is 0.669. The predicted octanol–water partition coefficient (Wildman–Crippen LogP) is 4.79. The number of hydrogen-bond donors (Lipinski definition) is 1. The van der Waals surface area contributed by atoms with E-state index in [1.807, 2.05) is 24.5 Å². The van der Waals surface area contributed by atoms with Crippen LogP contribution in [0.1, 0.15) is 42.5 Å². The molecule has 1 aliphatic heterocycles. The molecule has 1 amide bonds. The Morgan fingerprint density at radius 3 is 2.77 bits per heavy atom. The van der Waals surface area contributed by atoms with Gasteiger partial charge >= 0.3 is 0 Å². The average molecular weight is 401 g/mol. The van der Waals surface area contributed by atoms with E-state index in [0.717, 1.165) is 55.1 Å². The molecule has 0 spiro atoms. The van der Waals surface area contributed by atoms with Crippen molar-refractivity contribution in [2.24, 2.45) is 0 Å². The largest absolute Gasteiger partial charge is 0.326 e. The smallest absolute Gasteiger partial charge is 0.221 e. The molecule has 1 aliphatic rings. The van der Waals surface area contributed by atoms with E-state index in [1.165, 1.54) is 18.1 Å².